The summed E-state index contributed by atoms with van der Waals surface area (Å²) in [7, 11) is 3.29. The zero-order valence-corrected chi connectivity index (χ0v) is 31.3. The van der Waals surface area contributed by atoms with Gasteiger partial charge in [0.1, 0.15) is 17.9 Å². The SMILES string of the molecule is CCOC(=O)CN1CCN(C(=O)C2(c3ccccc3)CCN(CC[C@H](CN(C)C(=O)c3cc(-n4cnnn4)ccc3OC)c3ccc(F)cc3)CC2)CC1. The number of hydrogen-bond acceptors (Lipinski definition) is 10. The van der Waals surface area contributed by atoms with Crippen LogP contribution in [0.1, 0.15) is 53.6 Å². The lowest BCUT2D eigenvalue weighted by Crippen LogP contribution is -2.57. The van der Waals surface area contributed by atoms with Gasteiger partial charge in [0.15, 0.2) is 0 Å². The molecule has 2 aliphatic rings. The molecule has 14 heteroatoms. The van der Waals surface area contributed by atoms with E-state index in [4.69, 9.17) is 9.47 Å². The molecule has 54 heavy (non-hydrogen) atoms. The largest absolute Gasteiger partial charge is 0.496 e. The van der Waals surface area contributed by atoms with Crippen LogP contribution in [0.25, 0.3) is 5.69 Å². The number of benzene rings is 3. The molecule has 0 saturated carbocycles. The van der Waals surface area contributed by atoms with E-state index in [1.165, 1.54) is 30.3 Å². The van der Waals surface area contributed by atoms with E-state index in [2.05, 4.69) is 32.6 Å². The third-order valence-corrected chi connectivity index (χ3v) is 10.8. The number of tetrazole rings is 1. The molecule has 3 heterocycles. The fourth-order valence-electron chi connectivity index (χ4n) is 7.68. The molecule has 6 rings (SSSR count). The highest BCUT2D eigenvalue weighted by Crippen LogP contribution is 2.38. The first-order valence-corrected chi connectivity index (χ1v) is 18.6. The summed E-state index contributed by atoms with van der Waals surface area (Å²) in [5.41, 5.74) is 2.34. The fourth-order valence-corrected chi connectivity index (χ4v) is 7.68. The van der Waals surface area contributed by atoms with Crippen molar-refractivity contribution in [3.05, 3.63) is 102 Å². The normalized spacial score (nSPS) is 16.8. The molecular formula is C40H49FN8O5. The predicted molar refractivity (Wildman–Crippen MR) is 200 cm³/mol. The lowest BCUT2D eigenvalue weighted by atomic mass is 9.71. The van der Waals surface area contributed by atoms with Crippen molar-refractivity contribution in [1.82, 2.24) is 39.8 Å². The van der Waals surface area contributed by atoms with Crippen LogP contribution in [-0.4, -0.2) is 137 Å². The summed E-state index contributed by atoms with van der Waals surface area (Å²) in [6.45, 7) is 7.37. The average Bonchev–Trinajstić information content (AvgIpc) is 3.75. The Hall–Kier alpha value is -5.21. The molecule has 1 atom stereocenters. The molecule has 2 fully saturated rings. The Labute approximate surface area is 315 Å². The summed E-state index contributed by atoms with van der Waals surface area (Å²) in [6.07, 6.45) is 3.53. The first-order valence-electron chi connectivity index (χ1n) is 18.6. The minimum atomic E-state index is -0.639. The Morgan fingerprint density at radius 2 is 1.65 bits per heavy atom. The Kier molecular flexibility index (Phi) is 12.7. The third kappa shape index (κ3) is 8.93. The number of nitrogens with zero attached hydrogens (tertiary/aromatic N) is 8. The van der Waals surface area contributed by atoms with Gasteiger partial charge in [-0.1, -0.05) is 42.5 Å². The number of likely N-dealkylation sites (tertiary alicyclic amines) is 1. The molecular weight excluding hydrogens is 691 g/mol. The van der Waals surface area contributed by atoms with Gasteiger partial charge in [0.2, 0.25) is 5.91 Å². The molecule has 1 aromatic heterocycles. The number of carbonyl (C=O) groups excluding carboxylic acids is 3. The van der Waals surface area contributed by atoms with Crippen molar-refractivity contribution in [1.29, 1.82) is 0 Å². The smallest absolute Gasteiger partial charge is 0.320 e. The Bertz CT molecular complexity index is 1840. The Balaban J connectivity index is 1.13. The highest BCUT2D eigenvalue weighted by atomic mass is 19.1. The summed E-state index contributed by atoms with van der Waals surface area (Å²) < 4.78 is 26.2. The Morgan fingerprint density at radius 3 is 2.30 bits per heavy atom. The van der Waals surface area contributed by atoms with Crippen LogP contribution >= 0.6 is 0 Å². The van der Waals surface area contributed by atoms with Crippen molar-refractivity contribution in [3.63, 3.8) is 0 Å². The van der Waals surface area contributed by atoms with Gasteiger partial charge in [0, 0.05) is 45.7 Å². The Morgan fingerprint density at radius 1 is 0.926 bits per heavy atom. The van der Waals surface area contributed by atoms with Gasteiger partial charge in [-0.2, -0.15) is 0 Å². The quantitative estimate of drug-likeness (QED) is 0.176. The standard InChI is InChI=1S/C40H49FN8O5/c1-4-54-37(50)28-47-22-24-48(25-23-47)39(52)40(32-8-6-5-7-9-32)17-20-46(21-18-40)19-16-31(30-10-12-33(41)13-11-30)27-45(2)38(51)35-26-34(14-15-36(35)53-3)49-29-42-43-44-49/h5-15,26,29,31H,4,16-25,27-28H2,1-3H3/t31-/m1/s1. The van der Waals surface area contributed by atoms with E-state index in [1.807, 2.05) is 28.0 Å². The summed E-state index contributed by atoms with van der Waals surface area (Å²) >= 11 is 0. The number of likely N-dealkylation sites (N-methyl/N-ethyl adjacent to an activating group) is 1. The fraction of sp³-hybridized carbons (Fsp3) is 0.450. The van der Waals surface area contributed by atoms with Gasteiger partial charge in [-0.15, -0.1) is 5.10 Å². The maximum absolute atomic E-state index is 14.4. The molecule has 2 aliphatic heterocycles. The van der Waals surface area contributed by atoms with Gasteiger partial charge in [-0.05, 0) is 97.7 Å². The lowest BCUT2D eigenvalue weighted by molar-refractivity contribution is -0.146. The van der Waals surface area contributed by atoms with E-state index < -0.39 is 5.41 Å². The summed E-state index contributed by atoms with van der Waals surface area (Å²) in [4.78, 5) is 48.5. The van der Waals surface area contributed by atoms with Crippen molar-refractivity contribution < 1.29 is 28.2 Å². The van der Waals surface area contributed by atoms with E-state index in [0.717, 1.165) is 37.2 Å². The van der Waals surface area contributed by atoms with Gasteiger partial charge in [-0.3, -0.25) is 19.3 Å². The van der Waals surface area contributed by atoms with Crippen LogP contribution in [0.15, 0.2) is 79.1 Å². The van der Waals surface area contributed by atoms with Crippen LogP contribution in [0, 0.1) is 5.82 Å². The van der Waals surface area contributed by atoms with E-state index in [-0.39, 0.29) is 36.1 Å². The average molecular weight is 741 g/mol. The highest BCUT2D eigenvalue weighted by Gasteiger charge is 2.45. The number of amides is 2. The molecule has 0 radical (unpaired) electrons. The maximum Gasteiger partial charge on any atom is 0.320 e. The number of aromatic nitrogens is 4. The molecule has 0 N–H and O–H groups in total. The number of piperazine rings is 1. The van der Waals surface area contributed by atoms with Crippen LogP contribution in [0.3, 0.4) is 0 Å². The summed E-state index contributed by atoms with van der Waals surface area (Å²) in [5, 5.41) is 11.3. The van der Waals surface area contributed by atoms with Gasteiger partial charge < -0.3 is 24.2 Å². The van der Waals surface area contributed by atoms with Crippen LogP contribution in [0.4, 0.5) is 4.39 Å². The van der Waals surface area contributed by atoms with E-state index in [1.54, 1.807) is 49.2 Å². The number of ether oxygens (including phenoxy) is 2. The minimum Gasteiger partial charge on any atom is -0.496 e. The zero-order valence-electron chi connectivity index (χ0n) is 31.3. The minimum absolute atomic E-state index is 0.0819. The topological polar surface area (TPSA) is 126 Å². The van der Waals surface area contributed by atoms with E-state index >= 15 is 0 Å². The second-order valence-corrected chi connectivity index (χ2v) is 14.0. The molecule has 0 spiro atoms. The highest BCUT2D eigenvalue weighted by molar-refractivity contribution is 5.97. The van der Waals surface area contributed by atoms with Crippen molar-refractivity contribution in [3.8, 4) is 11.4 Å². The first kappa shape index (κ1) is 38.5. The van der Waals surface area contributed by atoms with Crippen LogP contribution in [0.2, 0.25) is 0 Å². The number of halogens is 1. The number of piperidine rings is 1. The molecule has 0 aliphatic carbocycles. The zero-order chi connectivity index (χ0) is 38.1. The lowest BCUT2D eigenvalue weighted by Gasteiger charge is -2.45. The molecule has 13 nitrogen and oxygen atoms in total. The molecule has 2 amide bonds. The van der Waals surface area contributed by atoms with E-state index in [9.17, 15) is 18.8 Å². The molecule has 4 aromatic rings. The number of rotatable bonds is 14. The second-order valence-electron chi connectivity index (χ2n) is 14.0. The number of hydrogen-bond donors (Lipinski definition) is 0. The van der Waals surface area contributed by atoms with Gasteiger partial charge in [0.25, 0.3) is 5.91 Å². The molecule has 0 unspecified atom stereocenters. The predicted octanol–water partition coefficient (Wildman–Crippen LogP) is 3.80. The van der Waals surface area contributed by atoms with Crippen molar-refractivity contribution >= 4 is 17.8 Å². The first-order chi connectivity index (χ1) is 26.2. The van der Waals surface area contributed by atoms with Crippen molar-refractivity contribution in [2.75, 3.05) is 79.7 Å². The van der Waals surface area contributed by atoms with Crippen LogP contribution < -0.4 is 4.74 Å². The molecule has 0 bridgehead atoms. The van der Waals surface area contributed by atoms with E-state index in [0.29, 0.717) is 69.2 Å². The monoisotopic (exact) mass is 740 g/mol. The summed E-state index contributed by atoms with van der Waals surface area (Å²) in [6, 6.07) is 21.8. The van der Waals surface area contributed by atoms with Gasteiger partial charge >= 0.3 is 5.97 Å². The summed E-state index contributed by atoms with van der Waals surface area (Å²) in [5.74, 6) is -0.276. The maximum atomic E-state index is 14.4. The number of esters is 1. The van der Waals surface area contributed by atoms with Crippen molar-refractivity contribution in [2.24, 2.45) is 0 Å². The van der Waals surface area contributed by atoms with Crippen LogP contribution in [0.5, 0.6) is 5.75 Å². The third-order valence-electron chi connectivity index (χ3n) is 10.8. The van der Waals surface area contributed by atoms with Gasteiger partial charge in [0.05, 0.1) is 36.9 Å². The molecule has 2 saturated heterocycles. The molecule has 286 valence electrons. The van der Waals surface area contributed by atoms with Crippen LogP contribution in [-0.2, 0) is 19.7 Å². The van der Waals surface area contributed by atoms with Gasteiger partial charge in [-0.25, -0.2) is 9.07 Å². The number of carbonyl (C=O) groups is 3. The second kappa shape index (κ2) is 17.7. The van der Waals surface area contributed by atoms with Crippen molar-refractivity contribution in [2.45, 2.75) is 37.5 Å². The molecule has 3 aromatic carbocycles. The number of methoxy groups -OCH3 is 1.